The molecule has 0 saturated heterocycles. The quantitative estimate of drug-likeness (QED) is 0.715. The molecule has 1 aromatic rings. The highest BCUT2D eigenvalue weighted by Gasteiger charge is 2.15. The van der Waals surface area contributed by atoms with Gasteiger partial charge >= 0.3 is 5.97 Å². The molecule has 0 saturated carbocycles. The number of rotatable bonds is 2. The Morgan fingerprint density at radius 1 is 1.38 bits per heavy atom. The van der Waals surface area contributed by atoms with Crippen LogP contribution in [0, 0.1) is 0 Å². The number of allylic oxidation sites excluding steroid dienone is 1. The van der Waals surface area contributed by atoms with Crippen molar-refractivity contribution in [2.45, 2.75) is 19.8 Å². The number of hydrogen-bond acceptors (Lipinski definition) is 3. The van der Waals surface area contributed by atoms with Crippen molar-refractivity contribution < 1.29 is 14.3 Å². The van der Waals surface area contributed by atoms with Crippen molar-refractivity contribution in [1.29, 1.82) is 0 Å². The number of methoxy groups -OCH3 is 1. The van der Waals surface area contributed by atoms with Gasteiger partial charge in [0.2, 0.25) is 0 Å². The summed E-state index contributed by atoms with van der Waals surface area (Å²) in [7, 11) is 1.62. The number of benzene rings is 1. The molecule has 0 atom stereocenters. The third-order valence-electron chi connectivity index (χ3n) is 2.58. The Morgan fingerprint density at radius 2 is 2.19 bits per heavy atom. The van der Waals surface area contributed by atoms with E-state index < -0.39 is 0 Å². The number of esters is 1. The molecule has 1 aliphatic carbocycles. The molecule has 0 aliphatic heterocycles. The number of aryl methyl sites for hydroxylation is 1. The Labute approximate surface area is 94.7 Å². The molecule has 0 unspecified atom stereocenters. The smallest absolute Gasteiger partial charge is 0.308 e. The van der Waals surface area contributed by atoms with Crippen LogP contribution in [0.1, 0.15) is 24.5 Å². The van der Waals surface area contributed by atoms with E-state index in [1.54, 1.807) is 7.11 Å². The summed E-state index contributed by atoms with van der Waals surface area (Å²) in [6.07, 6.45) is 3.83. The van der Waals surface area contributed by atoms with Crippen LogP contribution in [0.25, 0.3) is 5.76 Å². The van der Waals surface area contributed by atoms with Crippen molar-refractivity contribution in [3.63, 3.8) is 0 Å². The highest BCUT2D eigenvalue weighted by atomic mass is 16.5. The molecule has 0 radical (unpaired) electrons. The second-order valence-corrected chi connectivity index (χ2v) is 3.72. The fraction of sp³-hybridized carbons (Fsp3) is 0.308. The SMILES string of the molecule is COc1ccc2c(c1)C(OC(C)=O)=CCC2. The van der Waals surface area contributed by atoms with E-state index in [0.29, 0.717) is 5.76 Å². The lowest BCUT2D eigenvalue weighted by Gasteiger charge is -2.17. The molecule has 0 bridgehead atoms. The molecule has 1 aliphatic rings. The highest BCUT2D eigenvalue weighted by molar-refractivity contribution is 5.78. The van der Waals surface area contributed by atoms with Gasteiger partial charge in [0.25, 0.3) is 0 Å². The number of carbonyl (C=O) groups is 1. The van der Waals surface area contributed by atoms with E-state index in [-0.39, 0.29) is 5.97 Å². The normalized spacial score (nSPS) is 13.8. The van der Waals surface area contributed by atoms with E-state index in [4.69, 9.17) is 9.47 Å². The maximum absolute atomic E-state index is 11.0. The van der Waals surface area contributed by atoms with Gasteiger partial charge in [-0.1, -0.05) is 6.07 Å². The van der Waals surface area contributed by atoms with Crippen molar-refractivity contribution in [2.75, 3.05) is 7.11 Å². The van der Waals surface area contributed by atoms with E-state index in [1.807, 2.05) is 24.3 Å². The van der Waals surface area contributed by atoms with Crippen LogP contribution in [0.5, 0.6) is 5.75 Å². The highest BCUT2D eigenvalue weighted by Crippen LogP contribution is 2.30. The van der Waals surface area contributed by atoms with Crippen molar-refractivity contribution in [1.82, 2.24) is 0 Å². The minimum absolute atomic E-state index is 0.290. The standard InChI is InChI=1S/C13H14O3/c1-9(14)16-13-5-3-4-10-6-7-11(15-2)8-12(10)13/h5-8H,3-4H2,1-2H3. The van der Waals surface area contributed by atoms with Crippen molar-refractivity contribution in [2.24, 2.45) is 0 Å². The monoisotopic (exact) mass is 218 g/mol. The lowest BCUT2D eigenvalue weighted by Crippen LogP contribution is -2.05. The van der Waals surface area contributed by atoms with E-state index in [1.165, 1.54) is 12.5 Å². The molecule has 0 heterocycles. The van der Waals surface area contributed by atoms with Gasteiger partial charge in [-0.25, -0.2) is 0 Å². The van der Waals surface area contributed by atoms with Gasteiger partial charge in [0.1, 0.15) is 11.5 Å². The Bertz CT molecular complexity index is 446. The predicted octanol–water partition coefficient (Wildman–Crippen LogP) is 2.55. The number of carbonyl (C=O) groups excluding carboxylic acids is 1. The molecule has 0 aromatic heterocycles. The molecule has 0 amide bonds. The lowest BCUT2D eigenvalue weighted by molar-refractivity contribution is -0.134. The fourth-order valence-corrected chi connectivity index (χ4v) is 1.85. The predicted molar refractivity (Wildman–Crippen MR) is 61.1 cm³/mol. The first kappa shape index (κ1) is 10.7. The maximum Gasteiger partial charge on any atom is 0.308 e. The Morgan fingerprint density at radius 3 is 2.88 bits per heavy atom. The van der Waals surface area contributed by atoms with E-state index in [9.17, 15) is 4.79 Å². The van der Waals surface area contributed by atoms with Gasteiger partial charge in [-0.2, -0.15) is 0 Å². The first-order valence-electron chi connectivity index (χ1n) is 5.26. The van der Waals surface area contributed by atoms with E-state index in [0.717, 1.165) is 24.2 Å². The molecule has 0 fully saturated rings. The molecule has 16 heavy (non-hydrogen) atoms. The minimum Gasteiger partial charge on any atom is -0.497 e. The van der Waals surface area contributed by atoms with Gasteiger partial charge in [0, 0.05) is 12.5 Å². The van der Waals surface area contributed by atoms with Gasteiger partial charge in [-0.05, 0) is 36.6 Å². The van der Waals surface area contributed by atoms with E-state index in [2.05, 4.69) is 0 Å². The summed E-state index contributed by atoms with van der Waals surface area (Å²) in [4.78, 5) is 11.0. The summed E-state index contributed by atoms with van der Waals surface area (Å²) >= 11 is 0. The molecule has 2 rings (SSSR count). The number of ether oxygens (including phenoxy) is 2. The molecule has 3 nitrogen and oxygen atoms in total. The van der Waals surface area contributed by atoms with Crippen LogP contribution in [-0.2, 0) is 16.0 Å². The molecule has 0 spiro atoms. The van der Waals surface area contributed by atoms with Crippen molar-refractivity contribution in [3.05, 3.63) is 35.4 Å². The third kappa shape index (κ3) is 2.08. The topological polar surface area (TPSA) is 35.5 Å². The Hall–Kier alpha value is -1.77. The van der Waals surface area contributed by atoms with Crippen molar-refractivity contribution in [3.8, 4) is 5.75 Å². The summed E-state index contributed by atoms with van der Waals surface area (Å²) in [5.74, 6) is 1.13. The second kappa shape index (κ2) is 4.39. The minimum atomic E-state index is -0.290. The Balaban J connectivity index is 2.38. The average Bonchev–Trinajstić information content (AvgIpc) is 2.28. The summed E-state index contributed by atoms with van der Waals surface area (Å²) in [6, 6.07) is 5.85. The third-order valence-corrected chi connectivity index (χ3v) is 2.58. The molecule has 1 aromatic carbocycles. The number of fused-ring (bicyclic) bond motifs is 1. The molecular formula is C13H14O3. The summed E-state index contributed by atoms with van der Waals surface area (Å²) in [5.41, 5.74) is 2.15. The molecule has 84 valence electrons. The van der Waals surface area contributed by atoms with Gasteiger partial charge in [-0.3, -0.25) is 4.79 Å². The molecule has 3 heteroatoms. The van der Waals surface area contributed by atoms with Crippen molar-refractivity contribution >= 4 is 11.7 Å². The van der Waals surface area contributed by atoms with E-state index >= 15 is 0 Å². The fourth-order valence-electron chi connectivity index (χ4n) is 1.85. The maximum atomic E-state index is 11.0. The van der Waals surface area contributed by atoms with Crippen LogP contribution in [-0.4, -0.2) is 13.1 Å². The average molecular weight is 218 g/mol. The van der Waals surface area contributed by atoms with Gasteiger partial charge in [-0.15, -0.1) is 0 Å². The summed E-state index contributed by atoms with van der Waals surface area (Å²) < 4.78 is 10.3. The van der Waals surface area contributed by atoms with Gasteiger partial charge < -0.3 is 9.47 Å². The molecular weight excluding hydrogens is 204 g/mol. The van der Waals surface area contributed by atoms with Crippen LogP contribution in [0.3, 0.4) is 0 Å². The van der Waals surface area contributed by atoms with Crippen LogP contribution in [0.2, 0.25) is 0 Å². The zero-order chi connectivity index (χ0) is 11.5. The van der Waals surface area contributed by atoms with Crippen LogP contribution in [0.4, 0.5) is 0 Å². The van der Waals surface area contributed by atoms with Gasteiger partial charge in [0.15, 0.2) is 0 Å². The largest absolute Gasteiger partial charge is 0.497 e. The first-order valence-corrected chi connectivity index (χ1v) is 5.26. The zero-order valence-corrected chi connectivity index (χ0v) is 9.45. The number of hydrogen-bond donors (Lipinski definition) is 0. The summed E-state index contributed by atoms with van der Waals surface area (Å²) in [5, 5.41) is 0. The van der Waals surface area contributed by atoms with Gasteiger partial charge in [0.05, 0.1) is 7.11 Å². The summed E-state index contributed by atoms with van der Waals surface area (Å²) in [6.45, 7) is 1.41. The Kier molecular flexibility index (Phi) is 2.95. The zero-order valence-electron chi connectivity index (χ0n) is 9.45. The lowest BCUT2D eigenvalue weighted by atomic mass is 9.95. The van der Waals surface area contributed by atoms with Crippen LogP contribution in [0.15, 0.2) is 24.3 Å². The van der Waals surface area contributed by atoms with Crippen LogP contribution < -0.4 is 4.74 Å². The first-order chi connectivity index (χ1) is 7.70. The second-order valence-electron chi connectivity index (χ2n) is 3.72. The van der Waals surface area contributed by atoms with Crippen LogP contribution >= 0.6 is 0 Å². The molecule has 0 N–H and O–H groups in total.